The molecule has 0 bridgehead atoms. The number of carbonyl (C=O) groups is 1. The Hall–Kier alpha value is -2.07. The summed E-state index contributed by atoms with van der Waals surface area (Å²) in [6.07, 6.45) is -34.4. The normalized spacial score (nSPS) is 23.8. The van der Waals surface area contributed by atoms with Gasteiger partial charge in [0.15, 0.2) is 0 Å². The minimum absolute atomic E-state index is 0.540. The SMILES string of the molecule is C=C(C)C(=O)OC1CC(C(O)(C(F)(F)F)C(F)(F)F)CC(C(N=O)(C(F)(F)F)C(F)(F)F)C1. The zero-order chi connectivity index (χ0) is 26.4. The highest BCUT2D eigenvalue weighted by Gasteiger charge is 2.80. The van der Waals surface area contributed by atoms with Gasteiger partial charge in [0.2, 0.25) is 0 Å². The summed E-state index contributed by atoms with van der Waals surface area (Å²) in [5.74, 6) is -8.39. The predicted octanol–water partition coefficient (Wildman–Crippen LogP) is 5.38. The van der Waals surface area contributed by atoms with Crippen molar-refractivity contribution in [1.29, 1.82) is 0 Å². The van der Waals surface area contributed by atoms with E-state index in [-0.39, 0.29) is 0 Å². The van der Waals surface area contributed by atoms with Crippen LogP contribution in [-0.4, -0.2) is 53.0 Å². The lowest BCUT2D eigenvalue weighted by Crippen LogP contribution is -2.66. The quantitative estimate of drug-likeness (QED) is 0.232. The van der Waals surface area contributed by atoms with E-state index in [1.165, 1.54) is 0 Å². The van der Waals surface area contributed by atoms with Gasteiger partial charge in [-0.3, -0.25) is 0 Å². The van der Waals surface area contributed by atoms with Gasteiger partial charge in [-0.1, -0.05) is 6.58 Å². The van der Waals surface area contributed by atoms with Gasteiger partial charge in [-0.15, -0.1) is 4.91 Å². The predicted molar refractivity (Wildman–Crippen MR) is 83.2 cm³/mol. The van der Waals surface area contributed by atoms with Gasteiger partial charge in [0.25, 0.3) is 11.1 Å². The molecule has 0 aromatic rings. The van der Waals surface area contributed by atoms with Crippen LogP contribution in [0.1, 0.15) is 26.2 Å². The summed E-state index contributed by atoms with van der Waals surface area (Å²) < 4.78 is 165. The van der Waals surface area contributed by atoms with Crippen LogP contribution in [0.2, 0.25) is 0 Å². The first-order valence-electron chi connectivity index (χ1n) is 8.67. The lowest BCUT2D eigenvalue weighted by Gasteiger charge is -2.47. The number of nitroso groups, excluding NO2 is 1. The number of halogens is 12. The van der Waals surface area contributed by atoms with Gasteiger partial charge < -0.3 is 9.84 Å². The van der Waals surface area contributed by atoms with Gasteiger partial charge in [0.1, 0.15) is 6.10 Å². The fraction of sp³-hybridized carbons (Fsp3) is 0.812. The Morgan fingerprint density at radius 3 is 1.52 bits per heavy atom. The topological polar surface area (TPSA) is 76.0 Å². The molecule has 1 saturated carbocycles. The Balaban J connectivity index is 3.77. The van der Waals surface area contributed by atoms with Crippen LogP contribution in [0.3, 0.4) is 0 Å². The molecular formula is C16H15F12NO4. The van der Waals surface area contributed by atoms with Crippen LogP contribution in [-0.2, 0) is 9.53 Å². The van der Waals surface area contributed by atoms with E-state index in [0.717, 1.165) is 12.1 Å². The van der Waals surface area contributed by atoms with Crippen molar-refractivity contribution >= 4 is 5.97 Å². The largest absolute Gasteiger partial charge is 0.459 e. The Morgan fingerprint density at radius 2 is 1.21 bits per heavy atom. The number of hydrogen-bond acceptors (Lipinski definition) is 5. The Bertz CT molecular complexity index is 739. The Labute approximate surface area is 176 Å². The highest BCUT2D eigenvalue weighted by atomic mass is 19.4. The summed E-state index contributed by atoms with van der Waals surface area (Å²) in [6.45, 7) is 3.94. The number of alkyl halides is 12. The molecule has 0 aromatic carbocycles. The van der Waals surface area contributed by atoms with E-state index < -0.39 is 84.6 Å². The number of carbonyl (C=O) groups excluding carboxylic acids is 1. The molecule has 33 heavy (non-hydrogen) atoms. The molecule has 1 aliphatic carbocycles. The van der Waals surface area contributed by atoms with Gasteiger partial charge in [-0.25, -0.2) is 4.79 Å². The first-order valence-corrected chi connectivity index (χ1v) is 8.67. The van der Waals surface area contributed by atoms with E-state index in [2.05, 4.69) is 11.3 Å². The molecule has 192 valence electrons. The molecule has 0 radical (unpaired) electrons. The minimum Gasteiger partial charge on any atom is -0.459 e. The maximum Gasteiger partial charge on any atom is 0.426 e. The Morgan fingerprint density at radius 1 is 0.818 bits per heavy atom. The van der Waals surface area contributed by atoms with Crippen molar-refractivity contribution in [3.63, 3.8) is 0 Å². The third-order valence-electron chi connectivity index (χ3n) is 5.34. The third-order valence-corrected chi connectivity index (χ3v) is 5.34. The molecule has 1 fully saturated rings. The van der Waals surface area contributed by atoms with Gasteiger partial charge >= 0.3 is 30.7 Å². The molecule has 5 nitrogen and oxygen atoms in total. The summed E-state index contributed by atoms with van der Waals surface area (Å²) in [6, 6.07) is 0. The van der Waals surface area contributed by atoms with E-state index in [1.54, 1.807) is 0 Å². The second kappa shape index (κ2) is 8.61. The number of hydrogen-bond donors (Lipinski definition) is 1. The van der Waals surface area contributed by atoms with Gasteiger partial charge in [0.05, 0.1) is 0 Å². The van der Waals surface area contributed by atoms with E-state index in [1.807, 2.05) is 0 Å². The van der Waals surface area contributed by atoms with Gasteiger partial charge in [0, 0.05) is 17.4 Å². The molecule has 1 rings (SSSR count). The lowest BCUT2D eigenvalue weighted by molar-refractivity contribution is -0.391. The maximum atomic E-state index is 13.4. The molecule has 0 saturated heterocycles. The molecule has 3 atom stereocenters. The van der Waals surface area contributed by atoms with Gasteiger partial charge in [-0.2, -0.15) is 52.7 Å². The number of rotatable bonds is 5. The molecule has 0 aromatic heterocycles. The molecule has 1 N–H and O–H groups in total. The summed E-state index contributed by atoms with van der Waals surface area (Å²) in [5.41, 5.74) is -12.0. The summed E-state index contributed by atoms with van der Waals surface area (Å²) in [5, 5.41) is 10.6. The molecule has 0 heterocycles. The first kappa shape index (κ1) is 29.0. The molecule has 0 amide bonds. The molecule has 1 aliphatic rings. The fourth-order valence-electron chi connectivity index (χ4n) is 3.72. The average molecular weight is 513 g/mol. The van der Waals surface area contributed by atoms with E-state index in [0.29, 0.717) is 0 Å². The average Bonchev–Trinajstić information content (AvgIpc) is 2.57. The number of aliphatic hydroxyl groups is 1. The first-order chi connectivity index (χ1) is 14.5. The van der Waals surface area contributed by atoms with Crippen molar-refractivity contribution in [3.05, 3.63) is 17.1 Å². The zero-order valence-electron chi connectivity index (χ0n) is 16.2. The third kappa shape index (κ3) is 4.91. The van der Waals surface area contributed by atoms with E-state index >= 15 is 0 Å². The molecule has 17 heteroatoms. The fourth-order valence-corrected chi connectivity index (χ4v) is 3.72. The van der Waals surface area contributed by atoms with Crippen molar-refractivity contribution < 1.29 is 67.3 Å². The standard InChI is InChI=1S/C16H15F12NO4/c1-6(2)10(30)33-9-4-7(11(29-32,13(17,18)19)14(20,21)22)3-8(5-9)12(31,15(23,24)25)16(26,27)28/h7-9,31H,1,3-5H2,2H3. The molecule has 0 aliphatic heterocycles. The smallest absolute Gasteiger partial charge is 0.426 e. The summed E-state index contributed by atoms with van der Waals surface area (Å²) >= 11 is 0. The Kier molecular flexibility index (Phi) is 7.56. The van der Waals surface area contributed by atoms with Crippen molar-refractivity contribution in [1.82, 2.24) is 0 Å². The molecule has 0 spiro atoms. The summed E-state index contributed by atoms with van der Waals surface area (Å²) in [7, 11) is 0. The molecule has 3 unspecified atom stereocenters. The van der Waals surface area contributed by atoms with Crippen molar-refractivity contribution in [2.45, 2.75) is 68.1 Å². The lowest BCUT2D eigenvalue weighted by atomic mass is 9.64. The van der Waals surface area contributed by atoms with Crippen molar-refractivity contribution in [2.24, 2.45) is 17.0 Å². The van der Waals surface area contributed by atoms with Gasteiger partial charge in [-0.05, 0) is 31.4 Å². The van der Waals surface area contributed by atoms with E-state index in [9.17, 15) is 67.5 Å². The zero-order valence-corrected chi connectivity index (χ0v) is 16.2. The summed E-state index contributed by atoms with van der Waals surface area (Å²) in [4.78, 5) is 22.5. The van der Waals surface area contributed by atoms with Crippen molar-refractivity contribution in [3.8, 4) is 0 Å². The minimum atomic E-state index is -6.62. The van der Waals surface area contributed by atoms with Crippen LogP contribution in [0.4, 0.5) is 52.7 Å². The van der Waals surface area contributed by atoms with Crippen LogP contribution < -0.4 is 0 Å². The van der Waals surface area contributed by atoms with Crippen LogP contribution in [0, 0.1) is 16.7 Å². The second-order valence-corrected chi connectivity index (χ2v) is 7.52. The van der Waals surface area contributed by atoms with Crippen LogP contribution >= 0.6 is 0 Å². The highest BCUT2D eigenvalue weighted by Crippen LogP contribution is 2.59. The highest BCUT2D eigenvalue weighted by molar-refractivity contribution is 5.87. The van der Waals surface area contributed by atoms with Crippen LogP contribution in [0.15, 0.2) is 17.3 Å². The molecular weight excluding hydrogens is 498 g/mol. The number of esters is 1. The second-order valence-electron chi connectivity index (χ2n) is 7.52. The van der Waals surface area contributed by atoms with Crippen molar-refractivity contribution in [2.75, 3.05) is 0 Å². The monoisotopic (exact) mass is 513 g/mol. The van der Waals surface area contributed by atoms with Crippen LogP contribution in [0.5, 0.6) is 0 Å². The van der Waals surface area contributed by atoms with Crippen LogP contribution in [0.25, 0.3) is 0 Å². The number of nitrogens with zero attached hydrogens (tertiary/aromatic N) is 1. The van der Waals surface area contributed by atoms with E-state index in [4.69, 9.17) is 0 Å². The number of ether oxygens (including phenoxy) is 1. The maximum absolute atomic E-state index is 13.4.